The van der Waals surface area contributed by atoms with Gasteiger partial charge in [0.15, 0.2) is 0 Å². The fourth-order valence-electron chi connectivity index (χ4n) is 3.46. The lowest BCUT2D eigenvalue weighted by atomic mass is 10.2. The van der Waals surface area contributed by atoms with Gasteiger partial charge in [0.2, 0.25) is 5.91 Å². The van der Waals surface area contributed by atoms with Crippen molar-refractivity contribution in [2.24, 2.45) is 0 Å². The van der Waals surface area contributed by atoms with Gasteiger partial charge in [-0.3, -0.25) is 15.1 Å². The van der Waals surface area contributed by atoms with Gasteiger partial charge in [-0.05, 0) is 61.2 Å². The first-order chi connectivity index (χ1) is 16.0. The molecule has 8 nitrogen and oxygen atoms in total. The van der Waals surface area contributed by atoms with Crippen molar-refractivity contribution >= 4 is 46.7 Å². The molecule has 2 aromatic carbocycles. The van der Waals surface area contributed by atoms with E-state index in [-0.39, 0.29) is 5.91 Å². The number of rotatable bonds is 9. The van der Waals surface area contributed by atoms with E-state index in [2.05, 4.69) is 32.0 Å². The number of carbonyl (C=O) groups excluding carboxylic acids is 2. The average Bonchev–Trinajstić information content (AvgIpc) is 2.83. The fourth-order valence-corrected chi connectivity index (χ4v) is 4.38. The highest BCUT2D eigenvalue weighted by atomic mass is 35.5. The zero-order chi connectivity index (χ0) is 23.5. The monoisotopic (exact) mass is 491 g/mol. The Kier molecular flexibility index (Phi) is 9.99. The van der Waals surface area contributed by atoms with Crippen molar-refractivity contribution in [3.8, 4) is 5.75 Å². The molecule has 1 fully saturated rings. The number of hydrogen-bond acceptors (Lipinski definition) is 6. The largest absolute Gasteiger partial charge is 0.497 e. The molecule has 2 aromatic rings. The van der Waals surface area contributed by atoms with Gasteiger partial charge < -0.3 is 15.0 Å². The summed E-state index contributed by atoms with van der Waals surface area (Å²) >= 11 is 7.65. The second kappa shape index (κ2) is 13.2. The number of halogens is 1. The Balaban J connectivity index is 1.22. The zero-order valence-corrected chi connectivity index (χ0v) is 20.3. The van der Waals surface area contributed by atoms with E-state index in [1.54, 1.807) is 43.1 Å². The highest BCUT2D eigenvalue weighted by Crippen LogP contribution is 2.21. The Labute approximate surface area is 203 Å². The van der Waals surface area contributed by atoms with E-state index in [0.29, 0.717) is 17.2 Å². The normalized spacial score (nSPS) is 13.9. The van der Waals surface area contributed by atoms with Gasteiger partial charge >= 0.3 is 6.03 Å². The Morgan fingerprint density at radius 3 is 2.52 bits per heavy atom. The average molecular weight is 492 g/mol. The number of carbonyl (C=O) groups is 2. The van der Waals surface area contributed by atoms with Crippen LogP contribution in [0, 0.1) is 0 Å². The summed E-state index contributed by atoms with van der Waals surface area (Å²) in [7, 11) is 1.58. The van der Waals surface area contributed by atoms with Gasteiger partial charge in [0.05, 0.1) is 12.9 Å². The van der Waals surface area contributed by atoms with Gasteiger partial charge in [-0.2, -0.15) is 11.8 Å². The standard InChI is InChI=1S/C23H30ClN5O3S/c1-32-21-8-6-19(7-9-21)25-23(31)27-26-22(30)17-33-15-3-10-28-11-13-29(14-12-28)20-5-2-4-18(24)16-20/h2,4-9,16H,3,10-15,17H2,1H3,(H,26,30)(H2,25,27,31). The maximum Gasteiger partial charge on any atom is 0.337 e. The number of nitrogens with one attached hydrogen (secondary N) is 3. The molecule has 10 heteroatoms. The number of thioether (sulfide) groups is 1. The summed E-state index contributed by atoms with van der Waals surface area (Å²) in [5, 5.41) is 3.40. The van der Waals surface area contributed by atoms with Crippen LogP contribution >= 0.6 is 23.4 Å². The lowest BCUT2D eigenvalue weighted by Crippen LogP contribution is -2.46. The molecule has 0 aromatic heterocycles. The molecular weight excluding hydrogens is 462 g/mol. The first-order valence-corrected chi connectivity index (χ1v) is 12.4. The molecule has 3 N–H and O–H groups in total. The second-order valence-electron chi connectivity index (χ2n) is 7.57. The second-order valence-corrected chi connectivity index (χ2v) is 9.11. The van der Waals surface area contributed by atoms with Crippen LogP contribution in [0.3, 0.4) is 0 Å². The molecule has 1 saturated heterocycles. The van der Waals surface area contributed by atoms with E-state index in [4.69, 9.17) is 16.3 Å². The topological polar surface area (TPSA) is 85.9 Å². The Hall–Kier alpha value is -2.62. The minimum Gasteiger partial charge on any atom is -0.497 e. The molecule has 1 heterocycles. The highest BCUT2D eigenvalue weighted by Gasteiger charge is 2.17. The molecule has 0 radical (unpaired) electrons. The summed E-state index contributed by atoms with van der Waals surface area (Å²) in [6.45, 7) is 5.02. The Morgan fingerprint density at radius 2 is 1.82 bits per heavy atom. The molecular formula is C23H30ClN5O3S. The Morgan fingerprint density at radius 1 is 1.06 bits per heavy atom. The summed E-state index contributed by atoms with van der Waals surface area (Å²) in [5.41, 5.74) is 6.55. The SMILES string of the molecule is COc1ccc(NC(=O)NNC(=O)CSCCCN2CCN(c3cccc(Cl)c3)CC2)cc1. The number of urea groups is 1. The summed E-state index contributed by atoms with van der Waals surface area (Å²) in [5.74, 6) is 1.65. The van der Waals surface area contributed by atoms with Crippen LogP contribution in [-0.2, 0) is 4.79 Å². The van der Waals surface area contributed by atoms with Gasteiger partial charge in [0.1, 0.15) is 5.75 Å². The number of hydrogen-bond donors (Lipinski definition) is 3. The lowest BCUT2D eigenvalue weighted by molar-refractivity contribution is -0.119. The molecule has 3 rings (SSSR count). The van der Waals surface area contributed by atoms with E-state index < -0.39 is 6.03 Å². The summed E-state index contributed by atoms with van der Waals surface area (Å²) < 4.78 is 5.07. The maximum absolute atomic E-state index is 11.9. The molecule has 1 aliphatic rings. The lowest BCUT2D eigenvalue weighted by Gasteiger charge is -2.36. The van der Waals surface area contributed by atoms with Crippen LogP contribution in [-0.4, -0.2) is 68.2 Å². The van der Waals surface area contributed by atoms with Crippen molar-refractivity contribution in [3.63, 3.8) is 0 Å². The van der Waals surface area contributed by atoms with Gasteiger partial charge in [0.25, 0.3) is 0 Å². The van der Waals surface area contributed by atoms with Crippen LogP contribution in [0.25, 0.3) is 0 Å². The van der Waals surface area contributed by atoms with E-state index in [0.717, 1.165) is 49.9 Å². The molecule has 0 saturated carbocycles. The van der Waals surface area contributed by atoms with E-state index in [1.807, 2.05) is 18.2 Å². The minimum atomic E-state index is -0.504. The number of nitrogens with zero attached hydrogens (tertiary/aromatic N) is 2. The van der Waals surface area contributed by atoms with Gasteiger partial charge in [-0.1, -0.05) is 17.7 Å². The van der Waals surface area contributed by atoms with Crippen LogP contribution in [0.5, 0.6) is 5.75 Å². The number of anilines is 2. The van der Waals surface area contributed by atoms with Crippen molar-refractivity contribution in [3.05, 3.63) is 53.6 Å². The van der Waals surface area contributed by atoms with Crippen molar-refractivity contribution in [1.82, 2.24) is 15.8 Å². The van der Waals surface area contributed by atoms with Crippen LogP contribution in [0.4, 0.5) is 16.2 Å². The molecule has 178 valence electrons. The van der Waals surface area contributed by atoms with Gasteiger partial charge in [0, 0.05) is 42.6 Å². The number of methoxy groups -OCH3 is 1. The first-order valence-electron chi connectivity index (χ1n) is 10.8. The van der Waals surface area contributed by atoms with E-state index in [1.165, 1.54) is 5.69 Å². The summed E-state index contributed by atoms with van der Waals surface area (Å²) in [4.78, 5) is 28.6. The van der Waals surface area contributed by atoms with Crippen LogP contribution < -0.4 is 25.8 Å². The molecule has 0 spiro atoms. The van der Waals surface area contributed by atoms with Crippen LogP contribution in [0.2, 0.25) is 5.02 Å². The molecule has 0 unspecified atom stereocenters. The molecule has 0 aliphatic carbocycles. The number of benzene rings is 2. The third-order valence-electron chi connectivity index (χ3n) is 5.21. The number of hydrazine groups is 1. The van der Waals surface area contributed by atoms with Crippen molar-refractivity contribution in [2.45, 2.75) is 6.42 Å². The van der Waals surface area contributed by atoms with E-state index >= 15 is 0 Å². The summed E-state index contributed by atoms with van der Waals surface area (Å²) in [6.07, 6.45) is 1.01. The quantitative estimate of drug-likeness (QED) is 0.368. The zero-order valence-electron chi connectivity index (χ0n) is 18.7. The number of ether oxygens (including phenoxy) is 1. The molecule has 1 aliphatic heterocycles. The van der Waals surface area contributed by atoms with Gasteiger partial charge in [-0.15, -0.1) is 0 Å². The minimum absolute atomic E-state index is 0.236. The number of amides is 3. The first kappa shape index (κ1) is 25.0. The third-order valence-corrected chi connectivity index (χ3v) is 6.48. The predicted molar refractivity (Wildman–Crippen MR) is 135 cm³/mol. The molecule has 33 heavy (non-hydrogen) atoms. The van der Waals surface area contributed by atoms with Crippen molar-refractivity contribution < 1.29 is 14.3 Å². The maximum atomic E-state index is 11.9. The van der Waals surface area contributed by atoms with Crippen molar-refractivity contribution in [1.29, 1.82) is 0 Å². The van der Waals surface area contributed by atoms with Crippen LogP contribution in [0.1, 0.15) is 6.42 Å². The van der Waals surface area contributed by atoms with Crippen LogP contribution in [0.15, 0.2) is 48.5 Å². The number of piperazine rings is 1. The third kappa shape index (κ3) is 8.68. The molecule has 3 amide bonds. The smallest absolute Gasteiger partial charge is 0.337 e. The predicted octanol–water partition coefficient (Wildman–Crippen LogP) is 3.45. The molecule has 0 bridgehead atoms. The fraction of sp³-hybridized carbons (Fsp3) is 0.391. The molecule has 0 atom stereocenters. The van der Waals surface area contributed by atoms with Crippen molar-refractivity contribution in [2.75, 3.05) is 61.6 Å². The Bertz CT molecular complexity index is 907. The van der Waals surface area contributed by atoms with E-state index in [9.17, 15) is 9.59 Å². The summed E-state index contributed by atoms with van der Waals surface area (Å²) in [6, 6.07) is 14.4. The highest BCUT2D eigenvalue weighted by molar-refractivity contribution is 7.99. The van der Waals surface area contributed by atoms with Gasteiger partial charge in [-0.25, -0.2) is 10.2 Å².